The van der Waals surface area contributed by atoms with Crippen LogP contribution in [0.3, 0.4) is 0 Å². The van der Waals surface area contributed by atoms with Crippen LogP contribution in [0.5, 0.6) is 0 Å². The number of imidazole rings is 1. The lowest BCUT2D eigenvalue weighted by molar-refractivity contribution is -0.0590. The Morgan fingerprint density at radius 3 is 2.78 bits per heavy atom. The van der Waals surface area contributed by atoms with Crippen LogP contribution in [0.15, 0.2) is 53.8 Å². The van der Waals surface area contributed by atoms with Gasteiger partial charge in [0.15, 0.2) is 0 Å². The van der Waals surface area contributed by atoms with Gasteiger partial charge in [0, 0.05) is 48.1 Å². The van der Waals surface area contributed by atoms with Crippen LogP contribution in [-0.4, -0.2) is 45.5 Å². The molecule has 1 saturated heterocycles. The van der Waals surface area contributed by atoms with Gasteiger partial charge in [-0.25, -0.2) is 4.98 Å². The van der Waals surface area contributed by atoms with Crippen LogP contribution >= 0.6 is 0 Å². The predicted octanol–water partition coefficient (Wildman–Crippen LogP) is 3.34. The molecule has 2 N–H and O–H groups in total. The molecule has 1 fully saturated rings. The average Bonchev–Trinajstić information content (AvgIpc) is 3.20. The molecule has 32 heavy (non-hydrogen) atoms. The van der Waals surface area contributed by atoms with E-state index in [0.717, 1.165) is 70.0 Å². The molecule has 2 aliphatic heterocycles. The normalized spacial score (nSPS) is 16.7. The highest BCUT2D eigenvalue weighted by molar-refractivity contribution is 6.00. The summed E-state index contributed by atoms with van der Waals surface area (Å²) in [5.41, 5.74) is 11.7. The Bertz CT molecular complexity index is 1350. The smallest absolute Gasteiger partial charge is 0.109 e. The summed E-state index contributed by atoms with van der Waals surface area (Å²) in [5.74, 6) is 1.10. The van der Waals surface area contributed by atoms with Gasteiger partial charge in [-0.3, -0.25) is 15.0 Å². The highest BCUT2D eigenvalue weighted by Crippen LogP contribution is 2.33. The summed E-state index contributed by atoms with van der Waals surface area (Å²) in [4.78, 5) is 18.8. The third-order valence-electron chi connectivity index (χ3n) is 6.38. The second-order valence-electron chi connectivity index (χ2n) is 8.48. The maximum Gasteiger partial charge on any atom is 0.109 e. The summed E-state index contributed by atoms with van der Waals surface area (Å²) in [6.45, 7) is 4.86. The minimum Gasteiger partial charge on any atom is -0.377 e. The lowest BCUT2D eigenvalue weighted by atomic mass is 9.93. The fraction of sp³-hybridized carbons (Fsp3) is 0.280. The van der Waals surface area contributed by atoms with Gasteiger partial charge in [-0.2, -0.15) is 0 Å². The van der Waals surface area contributed by atoms with E-state index in [-0.39, 0.29) is 0 Å². The first-order valence-electron chi connectivity index (χ1n) is 11.0. The van der Waals surface area contributed by atoms with Crippen LogP contribution < -0.4 is 5.73 Å². The van der Waals surface area contributed by atoms with Crippen LogP contribution in [0.1, 0.15) is 24.1 Å². The number of hydrogen-bond acceptors (Lipinski definition) is 6. The number of aryl methyl sites for hydroxylation is 1. The Morgan fingerprint density at radius 2 is 2.03 bits per heavy atom. The van der Waals surface area contributed by atoms with Gasteiger partial charge >= 0.3 is 0 Å². The molecule has 1 aromatic carbocycles. The third kappa shape index (κ3) is 2.97. The number of benzene rings is 1. The molecule has 2 aliphatic rings. The number of hydrogen-bond donors (Lipinski definition) is 1. The fourth-order valence-electron chi connectivity index (χ4n) is 4.52. The number of nitrogens with zero attached hydrogens (tertiary/aromatic N) is 5. The minimum atomic E-state index is -0.464. The molecule has 0 radical (unpaired) electrons. The van der Waals surface area contributed by atoms with Gasteiger partial charge in [0.25, 0.3) is 0 Å². The number of aliphatic imine (C=N–C) groups is 1. The fourth-order valence-corrected chi connectivity index (χ4v) is 4.52. The van der Waals surface area contributed by atoms with Gasteiger partial charge in [-0.1, -0.05) is 25.1 Å². The van der Waals surface area contributed by atoms with Crippen molar-refractivity contribution in [2.75, 3.05) is 19.8 Å². The van der Waals surface area contributed by atoms with Gasteiger partial charge in [0.2, 0.25) is 0 Å². The second kappa shape index (κ2) is 7.32. The van der Waals surface area contributed by atoms with Crippen molar-refractivity contribution in [3.63, 3.8) is 0 Å². The topological polar surface area (TPSA) is 91.2 Å². The third-order valence-corrected chi connectivity index (χ3v) is 6.38. The summed E-state index contributed by atoms with van der Waals surface area (Å²) in [5, 5.41) is 2.20. The Morgan fingerprint density at radius 1 is 1.12 bits per heavy atom. The van der Waals surface area contributed by atoms with E-state index < -0.39 is 5.54 Å². The van der Waals surface area contributed by atoms with Gasteiger partial charge < -0.3 is 15.0 Å². The van der Waals surface area contributed by atoms with Crippen LogP contribution in [-0.2, 0) is 23.2 Å². The lowest BCUT2D eigenvalue weighted by Crippen LogP contribution is -2.54. The highest BCUT2D eigenvalue weighted by Gasteiger charge is 2.37. The zero-order chi connectivity index (χ0) is 21.7. The zero-order valence-electron chi connectivity index (χ0n) is 18.0. The molecule has 0 saturated carbocycles. The van der Waals surface area contributed by atoms with Gasteiger partial charge in [-0.05, 0) is 23.6 Å². The summed E-state index contributed by atoms with van der Waals surface area (Å²) in [7, 11) is 0. The van der Waals surface area contributed by atoms with Gasteiger partial charge in [-0.15, -0.1) is 0 Å². The van der Waals surface area contributed by atoms with Crippen molar-refractivity contribution >= 4 is 17.0 Å². The van der Waals surface area contributed by atoms with E-state index in [1.807, 2.05) is 30.7 Å². The Balaban J connectivity index is 1.41. The van der Waals surface area contributed by atoms with E-state index in [0.29, 0.717) is 13.2 Å². The molecule has 6 rings (SSSR count). The van der Waals surface area contributed by atoms with Crippen molar-refractivity contribution in [1.29, 1.82) is 0 Å². The van der Waals surface area contributed by atoms with Crippen molar-refractivity contribution in [3.8, 4) is 22.5 Å². The first kappa shape index (κ1) is 19.3. The maximum absolute atomic E-state index is 6.30. The summed E-state index contributed by atoms with van der Waals surface area (Å²) in [6, 6.07) is 12.4. The summed E-state index contributed by atoms with van der Waals surface area (Å²) in [6.07, 6.45) is 6.63. The van der Waals surface area contributed by atoms with Crippen LogP contribution in [0.4, 0.5) is 0 Å². The Kier molecular flexibility index (Phi) is 4.41. The molecule has 0 spiro atoms. The van der Waals surface area contributed by atoms with Crippen molar-refractivity contribution in [3.05, 3.63) is 66.0 Å². The molecule has 3 aromatic heterocycles. The molecule has 0 bridgehead atoms. The van der Waals surface area contributed by atoms with E-state index in [1.54, 1.807) is 0 Å². The standard InChI is InChI=1S/C25H24N6O/c1-2-23-30-24(21-13-27-8-9-31(21)23)18-5-3-4-16-10-20(28-12-19(16)18)17-6-7-22(29-11-17)25(26)14-32-15-25/h3-7,10-13H,2,8-9,14-15,26H2,1H3. The molecule has 0 unspecified atom stereocenters. The average molecular weight is 425 g/mol. The largest absolute Gasteiger partial charge is 0.377 e. The van der Waals surface area contributed by atoms with Gasteiger partial charge in [0.1, 0.15) is 11.4 Å². The van der Waals surface area contributed by atoms with Crippen LogP contribution in [0.25, 0.3) is 33.3 Å². The number of fused-ring (bicyclic) bond motifs is 2. The number of rotatable bonds is 4. The maximum atomic E-state index is 6.30. The quantitative estimate of drug-likeness (QED) is 0.543. The second-order valence-corrected chi connectivity index (χ2v) is 8.48. The van der Waals surface area contributed by atoms with Crippen molar-refractivity contribution in [2.45, 2.75) is 25.4 Å². The highest BCUT2D eigenvalue weighted by atomic mass is 16.5. The lowest BCUT2D eigenvalue weighted by Gasteiger charge is -2.37. The molecule has 0 atom stereocenters. The number of ether oxygens (including phenoxy) is 1. The Hall–Kier alpha value is -3.42. The summed E-state index contributed by atoms with van der Waals surface area (Å²) < 4.78 is 7.54. The molecular formula is C25H24N6O. The zero-order valence-corrected chi connectivity index (χ0v) is 18.0. The molecule has 160 valence electrons. The molecular weight excluding hydrogens is 400 g/mol. The molecule has 0 aliphatic carbocycles. The van der Waals surface area contributed by atoms with Crippen molar-refractivity contribution in [1.82, 2.24) is 19.5 Å². The first-order chi connectivity index (χ1) is 15.7. The predicted molar refractivity (Wildman–Crippen MR) is 125 cm³/mol. The van der Waals surface area contributed by atoms with Crippen LogP contribution in [0.2, 0.25) is 0 Å². The Labute approximate surface area is 186 Å². The molecule has 0 amide bonds. The number of pyridine rings is 2. The van der Waals surface area contributed by atoms with Gasteiger partial charge in [0.05, 0.1) is 42.5 Å². The van der Waals surface area contributed by atoms with E-state index in [2.05, 4.69) is 45.7 Å². The monoisotopic (exact) mass is 424 g/mol. The molecule has 7 heteroatoms. The number of aromatic nitrogens is 4. The SMILES string of the molecule is CCc1nc(-c2cccc3cc(-c4ccc(C5(N)COC5)nc4)ncc23)c2n1CCN=C2. The summed E-state index contributed by atoms with van der Waals surface area (Å²) >= 11 is 0. The van der Waals surface area contributed by atoms with Crippen molar-refractivity contribution < 1.29 is 4.74 Å². The van der Waals surface area contributed by atoms with E-state index >= 15 is 0 Å². The number of nitrogens with two attached hydrogens (primary N) is 1. The van der Waals surface area contributed by atoms with E-state index in [9.17, 15) is 0 Å². The van der Waals surface area contributed by atoms with E-state index in [4.69, 9.17) is 20.4 Å². The minimum absolute atomic E-state index is 0.464. The molecule has 4 aromatic rings. The first-order valence-corrected chi connectivity index (χ1v) is 11.0. The van der Waals surface area contributed by atoms with Crippen molar-refractivity contribution in [2.24, 2.45) is 10.7 Å². The van der Waals surface area contributed by atoms with E-state index in [1.165, 1.54) is 0 Å². The molecule has 5 heterocycles. The molecule has 7 nitrogen and oxygen atoms in total. The van der Waals surface area contributed by atoms with Crippen LogP contribution in [0, 0.1) is 0 Å².